The summed E-state index contributed by atoms with van der Waals surface area (Å²) in [5, 5.41) is 10.2. The number of ether oxygens (including phenoxy) is 1. The number of aryl methyl sites for hydroxylation is 3. The molecule has 3 N–H and O–H groups in total. The van der Waals surface area contributed by atoms with E-state index in [0.717, 1.165) is 16.7 Å². The van der Waals surface area contributed by atoms with Gasteiger partial charge in [0.1, 0.15) is 5.69 Å². The maximum Gasteiger partial charge on any atom is 0.322 e. The summed E-state index contributed by atoms with van der Waals surface area (Å²) < 4.78 is 5.30. The summed E-state index contributed by atoms with van der Waals surface area (Å²) in [7, 11) is 0. The van der Waals surface area contributed by atoms with Gasteiger partial charge in [-0.3, -0.25) is 5.10 Å². The van der Waals surface area contributed by atoms with Crippen LogP contribution in [-0.2, 0) is 4.74 Å². The molecular weight excluding hydrogens is 332 g/mol. The van der Waals surface area contributed by atoms with Crippen molar-refractivity contribution in [1.82, 2.24) is 25.1 Å². The summed E-state index contributed by atoms with van der Waals surface area (Å²) in [4.78, 5) is 22.3. The lowest BCUT2D eigenvalue weighted by atomic mass is 10.1. The lowest BCUT2D eigenvalue weighted by Crippen LogP contribution is -2.43. The maximum atomic E-state index is 12.5. The van der Waals surface area contributed by atoms with E-state index in [2.05, 4.69) is 51.5 Å². The Morgan fingerprint density at radius 3 is 2.69 bits per heavy atom. The molecule has 0 spiro atoms. The Bertz CT molecular complexity index is 929. The van der Waals surface area contributed by atoms with Crippen LogP contribution >= 0.6 is 0 Å². The molecule has 136 valence electrons. The fourth-order valence-electron chi connectivity index (χ4n) is 3.10. The third kappa shape index (κ3) is 2.92. The molecular formula is C18H22N6O2. The van der Waals surface area contributed by atoms with Gasteiger partial charge in [-0.1, -0.05) is 0 Å². The highest BCUT2D eigenvalue weighted by molar-refractivity contribution is 5.94. The Morgan fingerprint density at radius 1 is 1.19 bits per heavy atom. The lowest BCUT2D eigenvalue weighted by molar-refractivity contribution is 0.0564. The van der Waals surface area contributed by atoms with Crippen LogP contribution in [0.4, 0.5) is 10.5 Å². The minimum Gasteiger partial charge on any atom is -0.378 e. The van der Waals surface area contributed by atoms with E-state index in [1.165, 1.54) is 11.1 Å². The first kappa shape index (κ1) is 16.6. The van der Waals surface area contributed by atoms with Crippen molar-refractivity contribution in [3.63, 3.8) is 0 Å². The number of H-pyrrole nitrogens is 2. The molecule has 8 nitrogen and oxygen atoms in total. The minimum absolute atomic E-state index is 0.151. The Hall–Kier alpha value is -2.87. The number of nitrogens with one attached hydrogen (secondary N) is 3. The maximum absolute atomic E-state index is 12.5. The van der Waals surface area contributed by atoms with Crippen molar-refractivity contribution in [2.24, 2.45) is 0 Å². The van der Waals surface area contributed by atoms with Gasteiger partial charge in [0.25, 0.3) is 0 Å². The lowest BCUT2D eigenvalue weighted by Gasteiger charge is -2.26. The highest BCUT2D eigenvalue weighted by atomic mass is 16.5. The van der Waals surface area contributed by atoms with Gasteiger partial charge in [0, 0.05) is 13.1 Å². The standard InChI is InChI=1S/C18H22N6O2/c1-10-8-13-14(9-11(10)2)20-17(19-13)16-15(12(3)22-23-16)21-18(25)24-4-6-26-7-5-24/h8-9H,4-7H2,1-3H3,(H,19,20)(H,21,25)(H,22,23). The number of fused-ring (bicyclic) bond motifs is 1. The fourth-order valence-corrected chi connectivity index (χ4v) is 3.10. The largest absolute Gasteiger partial charge is 0.378 e. The molecule has 0 bridgehead atoms. The van der Waals surface area contributed by atoms with Crippen molar-refractivity contribution in [2.75, 3.05) is 31.6 Å². The highest BCUT2D eigenvalue weighted by Crippen LogP contribution is 2.29. The van der Waals surface area contributed by atoms with Crippen LogP contribution in [0.1, 0.15) is 16.8 Å². The molecule has 0 atom stereocenters. The number of morpholine rings is 1. The van der Waals surface area contributed by atoms with Crippen LogP contribution in [0.5, 0.6) is 0 Å². The van der Waals surface area contributed by atoms with Gasteiger partial charge in [0.2, 0.25) is 0 Å². The first-order chi connectivity index (χ1) is 12.5. The molecule has 2 amide bonds. The fraction of sp³-hybridized carbons (Fsp3) is 0.389. The first-order valence-corrected chi connectivity index (χ1v) is 8.69. The molecule has 0 aliphatic carbocycles. The predicted octanol–water partition coefficient (Wildman–Crippen LogP) is 2.74. The van der Waals surface area contributed by atoms with Crippen LogP contribution in [0, 0.1) is 20.8 Å². The highest BCUT2D eigenvalue weighted by Gasteiger charge is 2.22. The smallest absolute Gasteiger partial charge is 0.322 e. The average molecular weight is 354 g/mol. The Morgan fingerprint density at radius 2 is 1.92 bits per heavy atom. The van der Waals surface area contributed by atoms with Crippen molar-refractivity contribution in [3.05, 3.63) is 29.0 Å². The van der Waals surface area contributed by atoms with Crippen LogP contribution in [0.2, 0.25) is 0 Å². The number of aromatic amines is 2. The first-order valence-electron chi connectivity index (χ1n) is 8.69. The van der Waals surface area contributed by atoms with Gasteiger partial charge in [-0.2, -0.15) is 5.10 Å². The van der Waals surface area contributed by atoms with Gasteiger partial charge in [-0.25, -0.2) is 9.78 Å². The zero-order valence-electron chi connectivity index (χ0n) is 15.1. The minimum atomic E-state index is -0.151. The van der Waals surface area contributed by atoms with Crippen molar-refractivity contribution >= 4 is 22.8 Å². The van der Waals surface area contributed by atoms with Gasteiger partial charge in [0.15, 0.2) is 5.82 Å². The normalized spacial score (nSPS) is 14.8. The zero-order chi connectivity index (χ0) is 18.3. The number of hydrogen-bond acceptors (Lipinski definition) is 4. The van der Waals surface area contributed by atoms with Gasteiger partial charge in [-0.15, -0.1) is 0 Å². The topological polar surface area (TPSA) is 98.9 Å². The number of hydrogen-bond donors (Lipinski definition) is 3. The molecule has 4 rings (SSSR count). The molecule has 0 unspecified atom stereocenters. The molecule has 8 heteroatoms. The van der Waals surface area contributed by atoms with Crippen molar-refractivity contribution in [2.45, 2.75) is 20.8 Å². The molecule has 1 saturated heterocycles. The Balaban J connectivity index is 1.66. The zero-order valence-corrected chi connectivity index (χ0v) is 15.1. The summed E-state index contributed by atoms with van der Waals surface area (Å²) >= 11 is 0. The van der Waals surface area contributed by atoms with Gasteiger partial charge in [-0.05, 0) is 44.0 Å². The molecule has 0 radical (unpaired) electrons. The predicted molar refractivity (Wildman–Crippen MR) is 99.3 cm³/mol. The van der Waals surface area contributed by atoms with E-state index in [9.17, 15) is 4.79 Å². The van der Waals surface area contributed by atoms with E-state index in [1.54, 1.807) is 4.90 Å². The third-order valence-corrected chi connectivity index (χ3v) is 4.81. The number of rotatable bonds is 2. The third-order valence-electron chi connectivity index (χ3n) is 4.81. The number of urea groups is 1. The number of aromatic nitrogens is 4. The summed E-state index contributed by atoms with van der Waals surface area (Å²) in [6.45, 7) is 8.29. The van der Waals surface area contributed by atoms with E-state index in [1.807, 2.05) is 6.92 Å². The molecule has 26 heavy (non-hydrogen) atoms. The summed E-state index contributed by atoms with van der Waals surface area (Å²) in [6.07, 6.45) is 0. The average Bonchev–Trinajstić information content (AvgIpc) is 3.20. The molecule has 0 saturated carbocycles. The van der Waals surface area contributed by atoms with Crippen LogP contribution in [0.25, 0.3) is 22.6 Å². The van der Waals surface area contributed by atoms with E-state index in [4.69, 9.17) is 4.74 Å². The Kier molecular flexibility index (Phi) is 4.12. The number of amides is 2. The second kappa shape index (κ2) is 6.45. The monoisotopic (exact) mass is 354 g/mol. The molecule has 1 aromatic carbocycles. The SMILES string of the molecule is Cc1cc2nc(-c3[nH]nc(C)c3NC(=O)N3CCOCC3)[nH]c2cc1C. The summed E-state index contributed by atoms with van der Waals surface area (Å²) in [6, 6.07) is 3.98. The van der Waals surface area contributed by atoms with Crippen LogP contribution in [0.3, 0.4) is 0 Å². The van der Waals surface area contributed by atoms with Crippen LogP contribution in [-0.4, -0.2) is 57.4 Å². The molecule has 1 aliphatic heterocycles. The van der Waals surface area contributed by atoms with E-state index in [-0.39, 0.29) is 6.03 Å². The van der Waals surface area contributed by atoms with E-state index < -0.39 is 0 Å². The second-order valence-electron chi connectivity index (χ2n) is 6.63. The number of carbonyl (C=O) groups excluding carboxylic acids is 1. The van der Waals surface area contributed by atoms with Gasteiger partial charge in [0.05, 0.1) is 35.6 Å². The number of benzene rings is 1. The number of anilines is 1. The molecule has 1 fully saturated rings. The van der Waals surface area contributed by atoms with Crippen molar-refractivity contribution < 1.29 is 9.53 Å². The molecule has 1 aliphatic rings. The van der Waals surface area contributed by atoms with Gasteiger partial charge < -0.3 is 19.9 Å². The summed E-state index contributed by atoms with van der Waals surface area (Å²) in [5.41, 5.74) is 6.28. The summed E-state index contributed by atoms with van der Waals surface area (Å²) in [5.74, 6) is 0.655. The second-order valence-corrected chi connectivity index (χ2v) is 6.63. The van der Waals surface area contributed by atoms with Crippen LogP contribution in [0.15, 0.2) is 12.1 Å². The van der Waals surface area contributed by atoms with Gasteiger partial charge >= 0.3 is 6.03 Å². The quantitative estimate of drug-likeness (QED) is 0.659. The van der Waals surface area contributed by atoms with Crippen LogP contribution < -0.4 is 5.32 Å². The number of nitrogens with zero attached hydrogens (tertiary/aromatic N) is 3. The molecule has 3 aromatic rings. The van der Waals surface area contributed by atoms with E-state index in [0.29, 0.717) is 43.5 Å². The molecule has 3 heterocycles. The Labute approximate surface area is 150 Å². The number of carbonyl (C=O) groups is 1. The van der Waals surface area contributed by atoms with E-state index >= 15 is 0 Å². The van der Waals surface area contributed by atoms with Crippen molar-refractivity contribution in [1.29, 1.82) is 0 Å². The molecule has 2 aromatic heterocycles. The number of imidazole rings is 1. The van der Waals surface area contributed by atoms with Crippen molar-refractivity contribution in [3.8, 4) is 11.5 Å².